The Balaban J connectivity index is 1.08. The zero-order valence-electron chi connectivity index (χ0n) is 35.6. The molecule has 11 aromatic rings. The molecule has 0 radical (unpaired) electrons. The van der Waals surface area contributed by atoms with Gasteiger partial charge in [-0.15, -0.1) is 0 Å². The molecule has 0 atom stereocenters. The standard InChI is InChI=1S/C59H43N5/c1-40-18-9-11-26-49(40)57-60-58(50-27-12-10-19-41(50)2)62-59(61-57)53-30-14-13-28-51(53)44-22-17-25-47(38-44)63(46-34-32-43(33-35-46)42-20-5-3-6-21-42)48-36-37-56-54(39-48)52-29-15-16-31-55(52)64(56)45-23-7-4-8-24-45/h3-39H,1-2H3. The largest absolute Gasteiger partial charge is 0.310 e. The van der Waals surface area contributed by atoms with E-state index in [0.29, 0.717) is 17.5 Å². The van der Waals surface area contributed by atoms with E-state index in [9.17, 15) is 0 Å². The number of aryl methyl sites for hydroxylation is 2. The molecular weight excluding hydrogens is 779 g/mol. The second kappa shape index (κ2) is 16.5. The maximum Gasteiger partial charge on any atom is 0.164 e. The van der Waals surface area contributed by atoms with Crippen LogP contribution in [0.1, 0.15) is 11.1 Å². The van der Waals surface area contributed by atoms with Crippen LogP contribution in [0.2, 0.25) is 0 Å². The van der Waals surface area contributed by atoms with Crippen molar-refractivity contribution in [3.8, 4) is 62.1 Å². The molecule has 0 saturated carbocycles. The average molecular weight is 822 g/mol. The Morgan fingerprint density at radius 2 is 0.812 bits per heavy atom. The molecule has 11 rings (SSSR count). The van der Waals surface area contributed by atoms with Crippen molar-refractivity contribution in [2.75, 3.05) is 4.90 Å². The summed E-state index contributed by atoms with van der Waals surface area (Å²) in [6.07, 6.45) is 0. The van der Waals surface area contributed by atoms with E-state index < -0.39 is 0 Å². The Bertz CT molecular complexity index is 3400. The molecule has 2 heterocycles. The molecule has 0 aliphatic carbocycles. The number of hydrogen-bond acceptors (Lipinski definition) is 4. The fraction of sp³-hybridized carbons (Fsp3) is 0.0339. The maximum atomic E-state index is 5.21. The Hall–Kier alpha value is -8.41. The van der Waals surface area contributed by atoms with Gasteiger partial charge < -0.3 is 9.47 Å². The molecule has 0 saturated heterocycles. The van der Waals surface area contributed by atoms with Crippen LogP contribution < -0.4 is 4.90 Å². The number of rotatable bonds is 9. The quantitative estimate of drug-likeness (QED) is 0.145. The zero-order chi connectivity index (χ0) is 43.0. The van der Waals surface area contributed by atoms with Gasteiger partial charge in [0.05, 0.1) is 11.0 Å². The molecule has 5 nitrogen and oxygen atoms in total. The third-order valence-corrected chi connectivity index (χ3v) is 12.2. The highest BCUT2D eigenvalue weighted by Crippen LogP contribution is 2.42. The lowest BCUT2D eigenvalue weighted by molar-refractivity contribution is 1.07. The van der Waals surface area contributed by atoms with Gasteiger partial charge in [0.15, 0.2) is 17.5 Å². The minimum absolute atomic E-state index is 0.626. The first-order valence-electron chi connectivity index (χ1n) is 21.7. The van der Waals surface area contributed by atoms with Crippen LogP contribution in [0.15, 0.2) is 224 Å². The highest BCUT2D eigenvalue weighted by atomic mass is 15.1. The predicted molar refractivity (Wildman–Crippen MR) is 266 cm³/mol. The summed E-state index contributed by atoms with van der Waals surface area (Å²) in [7, 11) is 0. The molecule has 0 unspecified atom stereocenters. The van der Waals surface area contributed by atoms with Gasteiger partial charge in [-0.1, -0.05) is 164 Å². The van der Waals surface area contributed by atoms with E-state index in [0.717, 1.165) is 67.2 Å². The van der Waals surface area contributed by atoms with Gasteiger partial charge in [0.1, 0.15) is 0 Å². The monoisotopic (exact) mass is 821 g/mol. The van der Waals surface area contributed by atoms with Crippen LogP contribution in [0.5, 0.6) is 0 Å². The van der Waals surface area contributed by atoms with Crippen LogP contribution in [0.3, 0.4) is 0 Å². The molecule has 0 N–H and O–H groups in total. The van der Waals surface area contributed by atoms with Gasteiger partial charge in [-0.2, -0.15) is 0 Å². The molecule has 0 fully saturated rings. The summed E-state index contributed by atoms with van der Waals surface area (Å²) >= 11 is 0. The van der Waals surface area contributed by atoms with Crippen LogP contribution in [0.25, 0.3) is 83.9 Å². The van der Waals surface area contributed by atoms with Crippen LogP contribution in [-0.4, -0.2) is 19.5 Å². The SMILES string of the molecule is Cc1ccccc1-c1nc(-c2ccccc2C)nc(-c2ccccc2-c2cccc(N(c3ccc(-c4ccccc4)cc3)c3ccc4c(c3)c3ccccc3n4-c3ccccc3)c2)n1. The highest BCUT2D eigenvalue weighted by Gasteiger charge is 2.21. The number of hydrogen-bond donors (Lipinski definition) is 0. The zero-order valence-corrected chi connectivity index (χ0v) is 35.6. The second-order valence-corrected chi connectivity index (χ2v) is 16.2. The Labute approximate surface area is 373 Å². The van der Waals surface area contributed by atoms with E-state index in [1.54, 1.807) is 0 Å². The first kappa shape index (κ1) is 38.5. The van der Waals surface area contributed by atoms with Crippen molar-refractivity contribution >= 4 is 38.9 Å². The molecule has 2 aromatic heterocycles. The number of aromatic nitrogens is 4. The maximum absolute atomic E-state index is 5.21. The molecule has 0 bridgehead atoms. The first-order valence-corrected chi connectivity index (χ1v) is 21.7. The summed E-state index contributed by atoms with van der Waals surface area (Å²) < 4.78 is 2.36. The summed E-state index contributed by atoms with van der Waals surface area (Å²) in [5.41, 5.74) is 16.2. The lowest BCUT2D eigenvalue weighted by Crippen LogP contribution is -2.10. The van der Waals surface area contributed by atoms with Crippen LogP contribution >= 0.6 is 0 Å². The third-order valence-electron chi connectivity index (χ3n) is 12.2. The molecule has 0 amide bonds. The fourth-order valence-corrected chi connectivity index (χ4v) is 8.96. The second-order valence-electron chi connectivity index (χ2n) is 16.2. The van der Waals surface area contributed by atoms with E-state index in [2.05, 4.69) is 224 Å². The number of nitrogens with zero attached hydrogens (tertiary/aromatic N) is 5. The third kappa shape index (κ3) is 7.09. The number of fused-ring (bicyclic) bond motifs is 3. The van der Waals surface area contributed by atoms with Gasteiger partial charge in [-0.05, 0) is 108 Å². The number of anilines is 3. The minimum Gasteiger partial charge on any atom is -0.310 e. The summed E-state index contributed by atoms with van der Waals surface area (Å²) in [6, 6.07) is 79.4. The van der Waals surface area contributed by atoms with Crippen molar-refractivity contribution in [2.45, 2.75) is 13.8 Å². The van der Waals surface area contributed by atoms with Gasteiger partial charge in [0.2, 0.25) is 0 Å². The topological polar surface area (TPSA) is 46.8 Å². The van der Waals surface area contributed by atoms with Crippen molar-refractivity contribution in [3.63, 3.8) is 0 Å². The lowest BCUT2D eigenvalue weighted by Gasteiger charge is -2.26. The molecule has 5 heteroatoms. The predicted octanol–water partition coefficient (Wildman–Crippen LogP) is 15.4. The lowest BCUT2D eigenvalue weighted by atomic mass is 9.98. The Morgan fingerprint density at radius 1 is 0.328 bits per heavy atom. The molecule has 9 aromatic carbocycles. The van der Waals surface area contributed by atoms with Gasteiger partial charge in [-0.25, -0.2) is 15.0 Å². The van der Waals surface area contributed by atoms with Gasteiger partial charge in [-0.3, -0.25) is 0 Å². The normalized spacial score (nSPS) is 11.3. The molecule has 304 valence electrons. The van der Waals surface area contributed by atoms with Crippen molar-refractivity contribution in [1.82, 2.24) is 19.5 Å². The van der Waals surface area contributed by atoms with Crippen LogP contribution in [0.4, 0.5) is 17.1 Å². The average Bonchev–Trinajstić information content (AvgIpc) is 3.69. The Kier molecular flexibility index (Phi) is 9.90. The first-order chi connectivity index (χ1) is 31.6. The van der Waals surface area contributed by atoms with E-state index in [1.807, 2.05) is 24.3 Å². The van der Waals surface area contributed by atoms with Gasteiger partial charge >= 0.3 is 0 Å². The van der Waals surface area contributed by atoms with Crippen molar-refractivity contribution in [1.29, 1.82) is 0 Å². The van der Waals surface area contributed by atoms with Crippen molar-refractivity contribution in [2.24, 2.45) is 0 Å². The van der Waals surface area contributed by atoms with E-state index in [4.69, 9.17) is 15.0 Å². The Morgan fingerprint density at radius 3 is 1.48 bits per heavy atom. The summed E-state index contributed by atoms with van der Waals surface area (Å²) in [4.78, 5) is 17.9. The summed E-state index contributed by atoms with van der Waals surface area (Å²) in [5.74, 6) is 1.93. The van der Waals surface area contributed by atoms with Crippen molar-refractivity contribution < 1.29 is 0 Å². The van der Waals surface area contributed by atoms with E-state index in [1.165, 1.54) is 27.4 Å². The minimum atomic E-state index is 0.626. The van der Waals surface area contributed by atoms with Crippen LogP contribution in [-0.2, 0) is 0 Å². The van der Waals surface area contributed by atoms with Crippen molar-refractivity contribution in [3.05, 3.63) is 236 Å². The molecule has 0 aliphatic rings. The van der Waals surface area contributed by atoms with Crippen LogP contribution in [0, 0.1) is 13.8 Å². The number of benzene rings is 9. The van der Waals surface area contributed by atoms with Gasteiger partial charge in [0, 0.05) is 50.2 Å². The summed E-state index contributed by atoms with van der Waals surface area (Å²) in [5, 5.41) is 2.39. The molecular formula is C59H43N5. The van der Waals surface area contributed by atoms with E-state index in [-0.39, 0.29) is 0 Å². The molecule has 64 heavy (non-hydrogen) atoms. The fourth-order valence-electron chi connectivity index (χ4n) is 8.96. The highest BCUT2D eigenvalue weighted by molar-refractivity contribution is 6.10. The van der Waals surface area contributed by atoms with Gasteiger partial charge in [0.25, 0.3) is 0 Å². The smallest absolute Gasteiger partial charge is 0.164 e. The summed E-state index contributed by atoms with van der Waals surface area (Å²) in [6.45, 7) is 4.21. The molecule has 0 spiro atoms. The molecule has 0 aliphatic heterocycles. The van der Waals surface area contributed by atoms with E-state index >= 15 is 0 Å². The number of para-hydroxylation sites is 2.